The summed E-state index contributed by atoms with van der Waals surface area (Å²) in [5.41, 5.74) is 3.30. The lowest BCUT2D eigenvalue weighted by molar-refractivity contribution is 0.0784. The minimum Gasteiger partial charge on any atom is -0.493 e. The summed E-state index contributed by atoms with van der Waals surface area (Å²) in [6.45, 7) is 4.37. The van der Waals surface area contributed by atoms with E-state index >= 15 is 0 Å². The van der Waals surface area contributed by atoms with Gasteiger partial charge in [0.1, 0.15) is 0 Å². The van der Waals surface area contributed by atoms with E-state index in [1.165, 1.54) is 10.9 Å². The summed E-state index contributed by atoms with van der Waals surface area (Å²) in [6, 6.07) is 10.8. The Morgan fingerprint density at radius 3 is 2.72 bits per heavy atom. The number of carbonyl (C=O) groups is 1. The lowest BCUT2D eigenvalue weighted by Gasteiger charge is -2.18. The molecule has 0 aliphatic carbocycles. The van der Waals surface area contributed by atoms with E-state index in [-0.39, 0.29) is 11.8 Å². The molecule has 1 N–H and O–H groups in total. The van der Waals surface area contributed by atoms with Crippen LogP contribution in [-0.2, 0) is 0 Å². The number of nitriles is 1. The Morgan fingerprint density at radius 2 is 2.06 bits per heavy atom. The Hall–Kier alpha value is -3.70. The molecule has 1 aliphatic rings. The number of aromatic hydroxyl groups is 1. The second-order valence-electron chi connectivity index (χ2n) is 8.51. The van der Waals surface area contributed by atoms with Gasteiger partial charge in [0.25, 0.3) is 5.91 Å². The van der Waals surface area contributed by atoms with Crippen LogP contribution in [0, 0.1) is 24.2 Å². The fourth-order valence-electron chi connectivity index (χ4n) is 4.24. The maximum atomic E-state index is 12.8. The quantitative estimate of drug-likeness (QED) is 0.668. The van der Waals surface area contributed by atoms with E-state index in [1.807, 2.05) is 25.9 Å². The van der Waals surface area contributed by atoms with Crippen LogP contribution >= 0.6 is 0 Å². The van der Waals surface area contributed by atoms with E-state index in [1.54, 1.807) is 36.5 Å². The highest BCUT2D eigenvalue weighted by Crippen LogP contribution is 2.33. The predicted molar refractivity (Wildman–Crippen MR) is 120 cm³/mol. The zero-order chi connectivity index (χ0) is 22.8. The van der Waals surface area contributed by atoms with Gasteiger partial charge in [-0.3, -0.25) is 4.79 Å². The number of aromatic nitrogens is 3. The molecule has 0 spiro atoms. The molecule has 1 aliphatic heterocycles. The standard InChI is InChI=1S/C24H26N6O2/c1-16-10-17(11-25)4-6-20(16)21-13-27-30(24(21)32)22-7-5-19(12-26-22)23(31)29-9-8-18(15-29)14-28(2)3/h4-7,10,12-13,18,32H,8-9,14-15H2,1-3H3. The molecule has 164 valence electrons. The second kappa shape index (κ2) is 8.81. The summed E-state index contributed by atoms with van der Waals surface area (Å²) in [6.07, 6.45) is 4.11. The van der Waals surface area contributed by atoms with Crippen molar-refractivity contribution in [2.75, 3.05) is 33.7 Å². The number of hydrogen-bond acceptors (Lipinski definition) is 6. The van der Waals surface area contributed by atoms with Gasteiger partial charge in [-0.15, -0.1) is 0 Å². The fraction of sp³-hybridized carbons (Fsp3) is 0.333. The zero-order valence-corrected chi connectivity index (χ0v) is 18.5. The molecule has 8 nitrogen and oxygen atoms in total. The van der Waals surface area contributed by atoms with Crippen LogP contribution in [0.4, 0.5) is 0 Å². The van der Waals surface area contributed by atoms with Crippen molar-refractivity contribution in [3.63, 3.8) is 0 Å². The number of pyridine rings is 1. The first-order valence-corrected chi connectivity index (χ1v) is 10.6. The first kappa shape index (κ1) is 21.5. The third-order valence-corrected chi connectivity index (χ3v) is 5.80. The average molecular weight is 431 g/mol. The van der Waals surface area contributed by atoms with Crippen LogP contribution in [0.5, 0.6) is 5.88 Å². The summed E-state index contributed by atoms with van der Waals surface area (Å²) >= 11 is 0. The number of nitrogens with zero attached hydrogens (tertiary/aromatic N) is 6. The zero-order valence-electron chi connectivity index (χ0n) is 18.5. The van der Waals surface area contributed by atoms with Crippen molar-refractivity contribution in [2.45, 2.75) is 13.3 Å². The fourth-order valence-corrected chi connectivity index (χ4v) is 4.24. The first-order valence-electron chi connectivity index (χ1n) is 10.6. The molecule has 3 aromatic rings. The average Bonchev–Trinajstić information content (AvgIpc) is 3.39. The van der Waals surface area contributed by atoms with E-state index < -0.39 is 0 Å². The molecule has 1 fully saturated rings. The minimum absolute atomic E-state index is 0.0242. The van der Waals surface area contributed by atoms with Crippen molar-refractivity contribution in [1.82, 2.24) is 24.6 Å². The molecule has 1 aromatic carbocycles. The summed E-state index contributed by atoms with van der Waals surface area (Å²) < 4.78 is 1.34. The molecular formula is C24H26N6O2. The molecule has 1 amide bonds. The summed E-state index contributed by atoms with van der Waals surface area (Å²) in [4.78, 5) is 21.2. The van der Waals surface area contributed by atoms with Crippen molar-refractivity contribution in [3.05, 3.63) is 59.4 Å². The predicted octanol–water partition coefficient (Wildman–Crippen LogP) is 2.84. The topological polar surface area (TPSA) is 98.3 Å². The third-order valence-electron chi connectivity index (χ3n) is 5.80. The molecule has 1 unspecified atom stereocenters. The molecule has 3 heterocycles. The van der Waals surface area contributed by atoms with E-state index in [9.17, 15) is 9.90 Å². The molecule has 1 saturated heterocycles. The van der Waals surface area contributed by atoms with Crippen molar-refractivity contribution < 1.29 is 9.90 Å². The Bertz CT molecular complexity index is 1180. The molecular weight excluding hydrogens is 404 g/mol. The third kappa shape index (κ3) is 4.20. The Labute approximate surface area is 187 Å². The molecule has 8 heteroatoms. The van der Waals surface area contributed by atoms with Gasteiger partial charge in [-0.25, -0.2) is 4.98 Å². The van der Waals surface area contributed by atoms with Crippen LogP contribution in [0.1, 0.15) is 27.9 Å². The SMILES string of the molecule is Cc1cc(C#N)ccc1-c1cnn(-c2ccc(C(=O)N3CCC(CN(C)C)C3)cn2)c1O. The van der Waals surface area contributed by atoms with E-state index in [0.717, 1.165) is 37.2 Å². The minimum atomic E-state index is -0.0459. The lowest BCUT2D eigenvalue weighted by atomic mass is 10.0. The number of benzene rings is 1. The van der Waals surface area contributed by atoms with Gasteiger partial charge in [-0.05, 0) is 68.8 Å². The number of hydrogen-bond donors (Lipinski definition) is 1. The molecule has 1 atom stereocenters. The molecule has 2 aromatic heterocycles. The highest BCUT2D eigenvalue weighted by atomic mass is 16.3. The normalized spacial score (nSPS) is 15.8. The molecule has 0 saturated carbocycles. The second-order valence-corrected chi connectivity index (χ2v) is 8.51. The van der Waals surface area contributed by atoms with E-state index in [0.29, 0.717) is 28.4 Å². The summed E-state index contributed by atoms with van der Waals surface area (Å²) in [5, 5.41) is 24.1. The Kier molecular flexibility index (Phi) is 5.93. The Morgan fingerprint density at radius 1 is 1.25 bits per heavy atom. The maximum Gasteiger partial charge on any atom is 0.255 e. The Balaban J connectivity index is 1.52. The number of amides is 1. The monoisotopic (exact) mass is 430 g/mol. The van der Waals surface area contributed by atoms with Crippen LogP contribution in [0.3, 0.4) is 0 Å². The van der Waals surface area contributed by atoms with Crippen molar-refractivity contribution in [3.8, 4) is 28.9 Å². The number of carbonyl (C=O) groups excluding carboxylic acids is 1. The van der Waals surface area contributed by atoms with Crippen LogP contribution in [-0.4, -0.2) is 69.3 Å². The smallest absolute Gasteiger partial charge is 0.255 e. The van der Waals surface area contributed by atoms with Crippen LogP contribution in [0.25, 0.3) is 16.9 Å². The van der Waals surface area contributed by atoms with E-state index in [4.69, 9.17) is 5.26 Å². The molecule has 0 radical (unpaired) electrons. The van der Waals surface area contributed by atoms with Gasteiger partial charge in [0.05, 0.1) is 29.0 Å². The van der Waals surface area contributed by atoms with Crippen LogP contribution < -0.4 is 0 Å². The number of aryl methyl sites for hydroxylation is 1. The number of likely N-dealkylation sites (tertiary alicyclic amines) is 1. The van der Waals surface area contributed by atoms with Crippen LogP contribution in [0.15, 0.2) is 42.7 Å². The lowest BCUT2D eigenvalue weighted by Crippen LogP contribution is -2.30. The van der Waals surface area contributed by atoms with Crippen molar-refractivity contribution in [1.29, 1.82) is 5.26 Å². The van der Waals surface area contributed by atoms with Gasteiger partial charge in [0, 0.05) is 25.8 Å². The van der Waals surface area contributed by atoms with Gasteiger partial charge in [-0.1, -0.05) is 6.07 Å². The highest BCUT2D eigenvalue weighted by molar-refractivity contribution is 5.94. The van der Waals surface area contributed by atoms with E-state index in [2.05, 4.69) is 21.1 Å². The first-order chi connectivity index (χ1) is 15.4. The molecule has 4 rings (SSSR count). The van der Waals surface area contributed by atoms with Gasteiger partial charge >= 0.3 is 0 Å². The van der Waals surface area contributed by atoms with Gasteiger partial charge in [0.15, 0.2) is 5.82 Å². The summed E-state index contributed by atoms with van der Waals surface area (Å²) in [7, 11) is 4.10. The molecule has 32 heavy (non-hydrogen) atoms. The molecule has 0 bridgehead atoms. The maximum absolute atomic E-state index is 12.8. The van der Waals surface area contributed by atoms with Crippen molar-refractivity contribution >= 4 is 5.91 Å². The largest absolute Gasteiger partial charge is 0.493 e. The summed E-state index contributed by atoms with van der Waals surface area (Å²) in [5.74, 6) is 0.842. The van der Waals surface area contributed by atoms with Crippen LogP contribution in [0.2, 0.25) is 0 Å². The van der Waals surface area contributed by atoms with Gasteiger partial charge in [-0.2, -0.15) is 15.0 Å². The van der Waals surface area contributed by atoms with Gasteiger partial charge < -0.3 is 14.9 Å². The van der Waals surface area contributed by atoms with Gasteiger partial charge in [0.2, 0.25) is 5.88 Å². The number of rotatable bonds is 5. The highest BCUT2D eigenvalue weighted by Gasteiger charge is 2.27. The van der Waals surface area contributed by atoms with Crippen molar-refractivity contribution in [2.24, 2.45) is 5.92 Å².